The predicted octanol–water partition coefficient (Wildman–Crippen LogP) is 13.9. The van der Waals surface area contributed by atoms with Crippen LogP contribution in [0, 0.1) is 40.9 Å². The molecule has 332 valence electrons. The molecular formula is C48H86N6O3S. The van der Waals surface area contributed by atoms with Crippen LogP contribution in [0.25, 0.3) is 0 Å². The number of aryl methyl sites for hydroxylation is 2. The molecule has 0 aliphatic carbocycles. The number of rotatable bonds is 5. The van der Waals surface area contributed by atoms with E-state index in [1.807, 2.05) is 58.4 Å². The van der Waals surface area contributed by atoms with Crippen LogP contribution in [0.5, 0.6) is 0 Å². The molecule has 5 heterocycles. The number of thiazole rings is 1. The molecule has 58 heavy (non-hydrogen) atoms. The average Bonchev–Trinajstić information content (AvgIpc) is 3.89. The Morgan fingerprint density at radius 3 is 1.64 bits per heavy atom. The summed E-state index contributed by atoms with van der Waals surface area (Å²) in [7, 11) is 0. The van der Waals surface area contributed by atoms with Crippen molar-refractivity contribution in [3.05, 3.63) is 88.4 Å². The molecule has 0 radical (unpaired) electrons. The van der Waals surface area contributed by atoms with Crippen LogP contribution < -0.4 is 5.32 Å². The molecule has 0 amide bonds. The van der Waals surface area contributed by atoms with Gasteiger partial charge in [-0.3, -0.25) is 4.98 Å². The van der Waals surface area contributed by atoms with Crippen LogP contribution in [0.15, 0.2) is 64.4 Å². The maximum atomic E-state index is 5.43. The minimum Gasteiger partial charge on any atom is -0.475 e. The van der Waals surface area contributed by atoms with Crippen molar-refractivity contribution in [2.75, 3.05) is 6.54 Å². The molecule has 0 aromatic carbocycles. The van der Waals surface area contributed by atoms with Crippen molar-refractivity contribution >= 4 is 11.3 Å². The Bertz CT molecular complexity index is 1520. The zero-order chi connectivity index (χ0) is 45.4. The second kappa shape index (κ2) is 27.3. The van der Waals surface area contributed by atoms with Gasteiger partial charge in [-0.1, -0.05) is 143 Å². The number of hydrogen-bond donors (Lipinski definition) is 1. The number of pyridine rings is 1. The summed E-state index contributed by atoms with van der Waals surface area (Å²) >= 11 is 1.80. The van der Waals surface area contributed by atoms with E-state index >= 15 is 0 Å². The lowest BCUT2D eigenvalue weighted by Gasteiger charge is -2.21. The minimum absolute atomic E-state index is 0.221. The van der Waals surface area contributed by atoms with Gasteiger partial charge in [0.15, 0.2) is 5.88 Å². The molecule has 0 spiro atoms. The Kier molecular flexibility index (Phi) is 26.6. The monoisotopic (exact) mass is 827 g/mol. The van der Waals surface area contributed by atoms with Crippen LogP contribution in [0.1, 0.15) is 171 Å². The Morgan fingerprint density at radius 1 is 0.707 bits per heavy atom. The Hall–Kier alpha value is -3.53. The first-order valence-electron chi connectivity index (χ1n) is 21.2. The number of ether oxygens (including phenoxy) is 1. The molecule has 5 rings (SSSR count). The number of aromatic nitrogens is 5. The summed E-state index contributed by atoms with van der Waals surface area (Å²) in [6, 6.07) is 6.02. The number of nitrogens with zero attached hydrogens (tertiary/aromatic N) is 5. The van der Waals surface area contributed by atoms with Crippen LogP contribution in [0.4, 0.5) is 0 Å². The Balaban J connectivity index is 0. The molecule has 1 atom stereocenters. The van der Waals surface area contributed by atoms with Crippen LogP contribution >= 0.6 is 11.3 Å². The van der Waals surface area contributed by atoms with Gasteiger partial charge in [0.1, 0.15) is 11.9 Å². The van der Waals surface area contributed by atoms with Crippen LogP contribution in [0.2, 0.25) is 0 Å². The van der Waals surface area contributed by atoms with E-state index in [0.717, 1.165) is 56.2 Å². The fourth-order valence-corrected chi connectivity index (χ4v) is 6.17. The Morgan fingerprint density at radius 2 is 1.28 bits per heavy atom. The lowest BCUT2D eigenvalue weighted by molar-refractivity contribution is 0.122. The molecule has 9 nitrogen and oxygen atoms in total. The summed E-state index contributed by atoms with van der Waals surface area (Å²) < 4.78 is 15.6. The van der Waals surface area contributed by atoms with Gasteiger partial charge in [-0.05, 0) is 65.0 Å². The first kappa shape index (κ1) is 56.6. The average molecular weight is 827 g/mol. The molecule has 4 aromatic rings. The third kappa shape index (κ3) is 34.5. The summed E-state index contributed by atoms with van der Waals surface area (Å²) in [5.41, 5.74) is 2.91. The molecule has 10 heteroatoms. The van der Waals surface area contributed by atoms with Gasteiger partial charge in [-0.2, -0.15) is 0 Å². The first-order valence-corrected chi connectivity index (χ1v) is 22.0. The predicted molar refractivity (Wildman–Crippen MR) is 248 cm³/mol. The highest BCUT2D eigenvalue weighted by atomic mass is 32.1. The van der Waals surface area contributed by atoms with E-state index in [4.69, 9.17) is 13.7 Å². The maximum Gasteiger partial charge on any atom is 0.217 e. The highest BCUT2D eigenvalue weighted by Gasteiger charge is 2.24. The SMILES string of the molecule is C=C1NCC(CC(C)(C)C)O1.CC.CC.CC(C)(C)Cc1cccnc1.CC(C)(C)Cc1ccno1.Cc1cnc(CC(C)(C)C)s1.Cc1nnc(CC(C)(C)C)o1. The molecule has 1 fully saturated rings. The molecule has 0 saturated carbocycles. The van der Waals surface area contributed by atoms with Crippen molar-refractivity contribution in [3.63, 3.8) is 0 Å². The zero-order valence-electron chi connectivity index (χ0n) is 40.9. The fourth-order valence-electron chi connectivity index (χ4n) is 5.08. The summed E-state index contributed by atoms with van der Waals surface area (Å²) in [6.45, 7) is 49.6. The molecule has 1 aliphatic heterocycles. The van der Waals surface area contributed by atoms with Crippen LogP contribution in [0.3, 0.4) is 0 Å². The Labute approximate surface area is 360 Å². The summed E-state index contributed by atoms with van der Waals surface area (Å²) in [5.74, 6) is 3.06. The number of nitrogens with one attached hydrogen (secondary N) is 1. The summed E-state index contributed by atoms with van der Waals surface area (Å²) in [4.78, 5) is 9.70. The standard InChI is InChI=1S/C10H15N.C9H17NO.C9H15NS.C8H14N2O.C8H13NO.2C2H6/c1-10(2,3)7-9-5-4-6-11-8-9;1-7-10-6-8(11-7)5-9(2,3)4;1-7-6-10-8(11-7)5-9(2,3)4;1-6-9-10-7(11-6)5-8(2,3)4;1-8(2,3)6-7-4-5-9-10-7;2*1-2/h4-6,8H,7H2,1-3H3;8,10H,1,5-6H2,2-4H3;6H,5H2,1-4H3;5H2,1-4H3;4-5H,6H2,1-3H3;2*1-2H3. The third-order valence-corrected chi connectivity index (χ3v) is 7.84. The second-order valence-corrected chi connectivity index (χ2v) is 21.5. The van der Waals surface area contributed by atoms with Gasteiger partial charge < -0.3 is 19.0 Å². The van der Waals surface area contributed by atoms with E-state index in [0.29, 0.717) is 33.7 Å². The van der Waals surface area contributed by atoms with Crippen LogP contribution in [-0.4, -0.2) is 38.0 Å². The van der Waals surface area contributed by atoms with Crippen molar-refractivity contribution in [2.24, 2.45) is 27.1 Å². The van der Waals surface area contributed by atoms with E-state index in [2.05, 4.69) is 154 Å². The molecule has 1 N–H and O–H groups in total. The van der Waals surface area contributed by atoms with Crippen LogP contribution in [-0.2, 0) is 30.4 Å². The lowest BCUT2D eigenvalue weighted by Crippen LogP contribution is -2.21. The molecule has 1 aliphatic rings. The second-order valence-electron chi connectivity index (χ2n) is 20.2. The third-order valence-electron chi connectivity index (χ3n) is 6.93. The van der Waals surface area contributed by atoms with Gasteiger partial charge in [-0.15, -0.1) is 21.5 Å². The first-order chi connectivity index (χ1) is 26.6. The van der Waals surface area contributed by atoms with Crippen molar-refractivity contribution in [2.45, 2.75) is 184 Å². The topological polar surface area (TPSA) is 112 Å². The van der Waals surface area contributed by atoms with Crippen molar-refractivity contribution < 1.29 is 13.7 Å². The summed E-state index contributed by atoms with van der Waals surface area (Å²) in [5, 5.41) is 15.6. The van der Waals surface area contributed by atoms with E-state index in [-0.39, 0.29) is 5.41 Å². The van der Waals surface area contributed by atoms with Gasteiger partial charge in [-0.25, -0.2) is 4.98 Å². The molecule has 4 aromatic heterocycles. The normalized spacial score (nSPS) is 13.7. The summed E-state index contributed by atoms with van der Waals surface area (Å²) in [6.07, 6.45) is 12.8. The minimum atomic E-state index is 0.221. The van der Waals surface area contributed by atoms with E-state index < -0.39 is 0 Å². The quantitative estimate of drug-likeness (QED) is 0.210. The smallest absolute Gasteiger partial charge is 0.217 e. The molecule has 0 bridgehead atoms. The molecule has 1 saturated heterocycles. The van der Waals surface area contributed by atoms with Gasteiger partial charge in [0.2, 0.25) is 11.8 Å². The van der Waals surface area contributed by atoms with Crippen molar-refractivity contribution in [3.8, 4) is 0 Å². The maximum absolute atomic E-state index is 5.43. The van der Waals surface area contributed by atoms with Gasteiger partial charge in [0.25, 0.3) is 0 Å². The zero-order valence-corrected chi connectivity index (χ0v) is 41.8. The molecular weight excluding hydrogens is 741 g/mol. The lowest BCUT2D eigenvalue weighted by atomic mass is 9.89. The van der Waals surface area contributed by atoms with Gasteiger partial charge >= 0.3 is 0 Å². The van der Waals surface area contributed by atoms with Gasteiger partial charge in [0.05, 0.1) is 17.7 Å². The fraction of sp³-hybridized carbons (Fsp3) is 0.688. The van der Waals surface area contributed by atoms with E-state index in [1.165, 1.54) is 15.4 Å². The van der Waals surface area contributed by atoms with Crippen molar-refractivity contribution in [1.29, 1.82) is 0 Å². The molecule has 1 unspecified atom stereocenters. The van der Waals surface area contributed by atoms with E-state index in [9.17, 15) is 0 Å². The highest BCUT2D eigenvalue weighted by molar-refractivity contribution is 7.11. The van der Waals surface area contributed by atoms with Crippen molar-refractivity contribution in [1.82, 2.24) is 30.6 Å². The highest BCUT2D eigenvalue weighted by Crippen LogP contribution is 2.26. The van der Waals surface area contributed by atoms with Gasteiger partial charge in [0, 0.05) is 55.7 Å². The van der Waals surface area contributed by atoms with E-state index in [1.54, 1.807) is 24.5 Å². The number of hydrogen-bond acceptors (Lipinski definition) is 10. The largest absolute Gasteiger partial charge is 0.475 e.